The van der Waals surface area contributed by atoms with E-state index in [0.717, 1.165) is 22.4 Å². The number of carbonyl (C=O) groups excluding carboxylic acids is 2. The lowest BCUT2D eigenvalue weighted by Crippen LogP contribution is -2.36. The summed E-state index contributed by atoms with van der Waals surface area (Å²) in [6.45, 7) is 5.52. The number of nitrogens with one attached hydrogen (secondary N) is 3. The Bertz CT molecular complexity index is 1160. The molecule has 0 fully saturated rings. The number of aryl methyl sites for hydroxylation is 2. The molecule has 3 rings (SSSR count). The number of anilines is 2. The van der Waals surface area contributed by atoms with Crippen LogP contribution >= 0.6 is 11.6 Å². The van der Waals surface area contributed by atoms with Gasteiger partial charge in [0.25, 0.3) is 5.91 Å². The van der Waals surface area contributed by atoms with Crippen molar-refractivity contribution in [3.05, 3.63) is 88.2 Å². The molecule has 0 radical (unpaired) electrons. The molecule has 1 heterocycles. The van der Waals surface area contributed by atoms with Gasteiger partial charge in [-0.1, -0.05) is 23.7 Å². The Hall–Kier alpha value is -3.71. The van der Waals surface area contributed by atoms with Crippen LogP contribution in [0.25, 0.3) is 0 Å². The molecule has 0 saturated carbocycles. The van der Waals surface area contributed by atoms with Crippen molar-refractivity contribution in [2.24, 2.45) is 4.99 Å². The molecule has 0 aliphatic rings. The van der Waals surface area contributed by atoms with Crippen LogP contribution in [-0.2, 0) is 11.3 Å². The second kappa shape index (κ2) is 10.5. The topological polar surface area (TPSA) is 95.5 Å². The summed E-state index contributed by atoms with van der Waals surface area (Å²) in [6, 6.07) is 14.3. The van der Waals surface area contributed by atoms with Gasteiger partial charge in [-0.15, -0.1) is 0 Å². The van der Waals surface area contributed by atoms with Crippen LogP contribution in [0, 0.1) is 13.8 Å². The molecule has 1 aromatic heterocycles. The van der Waals surface area contributed by atoms with Crippen LogP contribution in [0.4, 0.5) is 11.4 Å². The van der Waals surface area contributed by atoms with Gasteiger partial charge in [0.1, 0.15) is 0 Å². The van der Waals surface area contributed by atoms with E-state index in [1.54, 1.807) is 36.7 Å². The number of benzene rings is 2. The Morgan fingerprint density at radius 3 is 2.50 bits per heavy atom. The number of hydrogen-bond donors (Lipinski definition) is 3. The molecule has 8 heteroatoms. The number of carbonyl (C=O) groups is 2. The highest BCUT2D eigenvalue weighted by molar-refractivity contribution is 6.30. The van der Waals surface area contributed by atoms with Gasteiger partial charge < -0.3 is 10.6 Å². The number of aromatic nitrogens is 1. The summed E-state index contributed by atoms with van der Waals surface area (Å²) in [5.41, 5.74) is 4.41. The maximum atomic E-state index is 13.0. The SMILES string of the molecule is CC(=O)Nc1cc(C(=O)NC(=NCc2cccnc2)Nc2ccc(Cl)cc2C)ccc1C. The summed E-state index contributed by atoms with van der Waals surface area (Å²) in [6.07, 6.45) is 3.41. The molecule has 0 atom stereocenters. The first-order chi connectivity index (χ1) is 15.3. The summed E-state index contributed by atoms with van der Waals surface area (Å²) in [5, 5.41) is 9.36. The summed E-state index contributed by atoms with van der Waals surface area (Å²) in [7, 11) is 0. The van der Waals surface area contributed by atoms with Gasteiger partial charge in [-0.05, 0) is 66.9 Å². The van der Waals surface area contributed by atoms with Gasteiger partial charge in [-0.3, -0.25) is 19.9 Å². The largest absolute Gasteiger partial charge is 0.326 e. The molecule has 0 bridgehead atoms. The summed E-state index contributed by atoms with van der Waals surface area (Å²) < 4.78 is 0. The fourth-order valence-electron chi connectivity index (χ4n) is 2.93. The molecule has 7 nitrogen and oxygen atoms in total. The van der Waals surface area contributed by atoms with Crippen molar-refractivity contribution in [2.45, 2.75) is 27.3 Å². The summed E-state index contributed by atoms with van der Waals surface area (Å²) >= 11 is 6.06. The molecule has 2 aromatic carbocycles. The van der Waals surface area contributed by atoms with E-state index in [4.69, 9.17) is 11.6 Å². The van der Waals surface area contributed by atoms with Gasteiger partial charge >= 0.3 is 0 Å². The maximum absolute atomic E-state index is 13.0. The zero-order chi connectivity index (χ0) is 23.1. The second-order valence-electron chi connectivity index (χ2n) is 7.28. The van der Waals surface area contributed by atoms with E-state index < -0.39 is 0 Å². The molecule has 0 spiro atoms. The standard InChI is InChI=1S/C24H24ClN5O2/c1-15-6-7-19(12-22(15)28-17(3)31)23(32)30-24(27-14-18-5-4-10-26-13-18)29-21-9-8-20(25)11-16(21)2/h4-13H,14H2,1-3H3,(H,28,31)(H2,27,29,30,32). The first-order valence-corrected chi connectivity index (χ1v) is 10.4. The molecule has 2 amide bonds. The van der Waals surface area contributed by atoms with E-state index in [9.17, 15) is 9.59 Å². The quantitative estimate of drug-likeness (QED) is 0.388. The fraction of sp³-hybridized carbons (Fsp3) is 0.167. The predicted molar refractivity (Wildman–Crippen MR) is 128 cm³/mol. The number of pyridine rings is 1. The lowest BCUT2D eigenvalue weighted by molar-refractivity contribution is -0.114. The van der Waals surface area contributed by atoms with E-state index in [1.165, 1.54) is 6.92 Å². The van der Waals surface area contributed by atoms with E-state index >= 15 is 0 Å². The first kappa shape index (κ1) is 23.0. The third-order valence-corrected chi connectivity index (χ3v) is 4.86. The summed E-state index contributed by atoms with van der Waals surface area (Å²) in [4.78, 5) is 33.0. The molecule has 0 aliphatic heterocycles. The normalized spacial score (nSPS) is 11.1. The number of nitrogens with zero attached hydrogens (tertiary/aromatic N) is 2. The van der Waals surface area contributed by atoms with Crippen molar-refractivity contribution in [1.82, 2.24) is 10.3 Å². The minimum absolute atomic E-state index is 0.204. The van der Waals surface area contributed by atoms with Crippen LogP contribution in [0.3, 0.4) is 0 Å². The maximum Gasteiger partial charge on any atom is 0.258 e. The van der Waals surface area contributed by atoms with Crippen LogP contribution in [0.1, 0.15) is 34.0 Å². The van der Waals surface area contributed by atoms with Crippen LogP contribution in [0.2, 0.25) is 5.02 Å². The van der Waals surface area contributed by atoms with Gasteiger partial charge in [-0.25, -0.2) is 4.99 Å². The number of guanidine groups is 1. The summed E-state index contributed by atoms with van der Waals surface area (Å²) in [5.74, 6) is -0.282. The molecule has 164 valence electrons. The highest BCUT2D eigenvalue weighted by atomic mass is 35.5. The number of aliphatic imine (C=N–C) groups is 1. The molecule has 0 aliphatic carbocycles. The van der Waals surface area contributed by atoms with Crippen LogP contribution < -0.4 is 16.0 Å². The average Bonchev–Trinajstić information content (AvgIpc) is 2.75. The second-order valence-corrected chi connectivity index (χ2v) is 7.71. The van der Waals surface area contributed by atoms with E-state index in [0.29, 0.717) is 22.8 Å². The van der Waals surface area contributed by atoms with Gasteiger partial charge in [-0.2, -0.15) is 0 Å². The number of amides is 2. The predicted octanol–water partition coefficient (Wildman–Crippen LogP) is 4.71. The smallest absolute Gasteiger partial charge is 0.258 e. The third kappa shape index (κ3) is 6.39. The van der Waals surface area contributed by atoms with Crippen molar-refractivity contribution in [1.29, 1.82) is 0 Å². The highest BCUT2D eigenvalue weighted by Crippen LogP contribution is 2.20. The zero-order valence-corrected chi connectivity index (χ0v) is 18.8. The minimum Gasteiger partial charge on any atom is -0.326 e. The monoisotopic (exact) mass is 449 g/mol. The van der Waals surface area contributed by atoms with E-state index in [2.05, 4.69) is 25.9 Å². The molecule has 3 aromatic rings. The van der Waals surface area contributed by atoms with Crippen LogP contribution in [-0.4, -0.2) is 22.8 Å². The van der Waals surface area contributed by atoms with Crippen molar-refractivity contribution in [2.75, 3.05) is 10.6 Å². The van der Waals surface area contributed by atoms with Gasteiger partial charge in [0.15, 0.2) is 0 Å². The van der Waals surface area contributed by atoms with E-state index in [1.807, 2.05) is 38.1 Å². The van der Waals surface area contributed by atoms with Crippen LogP contribution in [0.15, 0.2) is 65.9 Å². The average molecular weight is 450 g/mol. The molecule has 0 saturated heterocycles. The van der Waals surface area contributed by atoms with Gasteiger partial charge in [0.05, 0.1) is 6.54 Å². The Kier molecular flexibility index (Phi) is 7.57. The molecule has 32 heavy (non-hydrogen) atoms. The minimum atomic E-state index is -0.361. The Labute approximate surface area is 191 Å². The number of hydrogen-bond acceptors (Lipinski definition) is 4. The molecular weight excluding hydrogens is 426 g/mol. The Morgan fingerprint density at radius 1 is 1.00 bits per heavy atom. The van der Waals surface area contributed by atoms with Crippen molar-refractivity contribution < 1.29 is 9.59 Å². The molecule has 3 N–H and O–H groups in total. The van der Waals surface area contributed by atoms with Crippen molar-refractivity contribution >= 4 is 40.7 Å². The third-order valence-electron chi connectivity index (χ3n) is 4.63. The lowest BCUT2D eigenvalue weighted by atomic mass is 10.1. The van der Waals surface area contributed by atoms with Gasteiger partial charge in [0.2, 0.25) is 11.9 Å². The number of rotatable bonds is 5. The lowest BCUT2D eigenvalue weighted by Gasteiger charge is -2.15. The fourth-order valence-corrected chi connectivity index (χ4v) is 3.16. The number of halogens is 1. The Morgan fingerprint density at radius 2 is 1.81 bits per heavy atom. The van der Waals surface area contributed by atoms with E-state index in [-0.39, 0.29) is 17.8 Å². The highest BCUT2D eigenvalue weighted by Gasteiger charge is 2.13. The molecular formula is C24H24ClN5O2. The van der Waals surface area contributed by atoms with Crippen LogP contribution in [0.5, 0.6) is 0 Å². The van der Waals surface area contributed by atoms with Crippen molar-refractivity contribution in [3.8, 4) is 0 Å². The van der Waals surface area contributed by atoms with Crippen molar-refractivity contribution in [3.63, 3.8) is 0 Å². The Balaban J connectivity index is 1.85. The molecule has 0 unspecified atom stereocenters. The van der Waals surface area contributed by atoms with Gasteiger partial charge in [0, 0.05) is 41.3 Å². The first-order valence-electron chi connectivity index (χ1n) is 9.98. The zero-order valence-electron chi connectivity index (χ0n) is 18.1.